The van der Waals surface area contributed by atoms with Gasteiger partial charge in [0.1, 0.15) is 17.0 Å². The second-order valence-electron chi connectivity index (χ2n) is 8.66. The fraction of sp³-hybridized carbons (Fsp3) is 0.129. The number of urea groups is 1. The van der Waals surface area contributed by atoms with Gasteiger partial charge in [-0.25, -0.2) is 18.5 Å². The van der Waals surface area contributed by atoms with Gasteiger partial charge < -0.3 is 20.5 Å². The number of allylic oxidation sites excluding steroid dienone is 4. The number of amides is 2. The van der Waals surface area contributed by atoms with Crippen LogP contribution in [0, 0.1) is 0 Å². The van der Waals surface area contributed by atoms with Gasteiger partial charge in [-0.2, -0.15) is 0 Å². The molecule has 2 atom stereocenters. The van der Waals surface area contributed by atoms with Crippen LogP contribution in [0.15, 0.2) is 114 Å². The van der Waals surface area contributed by atoms with Crippen LogP contribution in [0.2, 0.25) is 0 Å². The number of methoxy groups -OCH3 is 1. The molecular weight excluding hydrogens is 542 g/mol. The van der Waals surface area contributed by atoms with Crippen LogP contribution in [-0.2, 0) is 26.9 Å². The van der Waals surface area contributed by atoms with E-state index in [1.165, 1.54) is 19.2 Å². The summed E-state index contributed by atoms with van der Waals surface area (Å²) in [6.07, 6.45) is 6.88. The standard InChI is InChI=1S/C31H31N3O6S/c1-4-6-11-24(5-2)32-31(38)33-25-12-9-10-23(20-25)22-17-15-21(16-18-22)19-27(29(35)36)34-41(39)28-14-8-7-13-26(28)30(37)40-3/h4-18,20,27,34H,1,19H2,2-3H3,(H,35,36)(H2,32,33,38)/b11-6-,24-5+. The van der Waals surface area contributed by atoms with E-state index in [-0.39, 0.29) is 16.9 Å². The van der Waals surface area contributed by atoms with E-state index in [2.05, 4.69) is 21.9 Å². The molecule has 0 saturated carbocycles. The van der Waals surface area contributed by atoms with Gasteiger partial charge in [0.2, 0.25) is 0 Å². The van der Waals surface area contributed by atoms with Crippen LogP contribution < -0.4 is 15.4 Å². The zero-order valence-electron chi connectivity index (χ0n) is 22.6. The normalized spacial score (nSPS) is 12.8. The van der Waals surface area contributed by atoms with E-state index in [0.29, 0.717) is 16.9 Å². The van der Waals surface area contributed by atoms with Gasteiger partial charge in [-0.1, -0.05) is 73.3 Å². The third-order valence-corrected chi connectivity index (χ3v) is 7.12. The summed E-state index contributed by atoms with van der Waals surface area (Å²) in [5.74, 6) is -1.85. The van der Waals surface area contributed by atoms with E-state index in [9.17, 15) is 23.7 Å². The van der Waals surface area contributed by atoms with Crippen molar-refractivity contribution in [2.75, 3.05) is 12.4 Å². The molecule has 2 amide bonds. The van der Waals surface area contributed by atoms with E-state index in [1.54, 1.807) is 54.6 Å². The molecule has 3 rings (SSSR count). The number of ether oxygens (including phenoxy) is 1. The zero-order chi connectivity index (χ0) is 29.8. The van der Waals surface area contributed by atoms with Crippen LogP contribution in [0.5, 0.6) is 0 Å². The van der Waals surface area contributed by atoms with Gasteiger partial charge in [-0.05, 0) is 60.4 Å². The zero-order valence-corrected chi connectivity index (χ0v) is 23.4. The number of esters is 1. The molecule has 3 aromatic carbocycles. The van der Waals surface area contributed by atoms with Crippen molar-refractivity contribution in [2.45, 2.75) is 24.3 Å². The molecule has 10 heteroatoms. The van der Waals surface area contributed by atoms with Crippen molar-refractivity contribution < 1.29 is 28.4 Å². The molecule has 0 heterocycles. The molecule has 0 fully saturated rings. The maximum absolute atomic E-state index is 12.9. The average Bonchev–Trinajstić information content (AvgIpc) is 2.98. The molecule has 4 N–H and O–H groups in total. The highest BCUT2D eigenvalue weighted by molar-refractivity contribution is 7.83. The Morgan fingerprint density at radius 3 is 2.41 bits per heavy atom. The predicted octanol–water partition coefficient (Wildman–Crippen LogP) is 5.22. The topological polar surface area (TPSA) is 134 Å². The summed E-state index contributed by atoms with van der Waals surface area (Å²) in [7, 11) is -0.757. The largest absolute Gasteiger partial charge is 0.480 e. The fourth-order valence-electron chi connectivity index (χ4n) is 3.80. The Labute approximate surface area is 241 Å². The minimum Gasteiger partial charge on any atom is -0.480 e. The lowest BCUT2D eigenvalue weighted by atomic mass is 10.0. The number of hydrogen-bond donors (Lipinski definition) is 4. The van der Waals surface area contributed by atoms with Gasteiger partial charge in [0, 0.05) is 11.4 Å². The van der Waals surface area contributed by atoms with Gasteiger partial charge in [0.25, 0.3) is 0 Å². The molecule has 0 aromatic heterocycles. The van der Waals surface area contributed by atoms with Crippen molar-refractivity contribution in [1.82, 2.24) is 10.0 Å². The number of benzene rings is 3. The maximum atomic E-state index is 12.9. The highest BCUT2D eigenvalue weighted by Crippen LogP contribution is 2.24. The first kappa shape index (κ1) is 30.7. The molecule has 3 aromatic rings. The predicted molar refractivity (Wildman–Crippen MR) is 160 cm³/mol. The lowest BCUT2D eigenvalue weighted by molar-refractivity contribution is -0.138. The second kappa shape index (κ2) is 15.1. The van der Waals surface area contributed by atoms with E-state index in [1.807, 2.05) is 37.3 Å². The van der Waals surface area contributed by atoms with Gasteiger partial charge >= 0.3 is 18.0 Å². The number of rotatable bonds is 12. The molecule has 0 spiro atoms. The SMILES string of the molecule is C=C/C=C\C(=C/C)NC(=O)Nc1cccc(-c2ccc(CC(NS(=O)c3ccccc3C(=O)OC)C(=O)O)cc2)c1. The van der Waals surface area contributed by atoms with Crippen LogP contribution in [0.25, 0.3) is 11.1 Å². The van der Waals surface area contributed by atoms with Crippen LogP contribution in [0.1, 0.15) is 22.8 Å². The Morgan fingerprint density at radius 1 is 1.02 bits per heavy atom. The van der Waals surface area contributed by atoms with Crippen molar-refractivity contribution in [1.29, 1.82) is 0 Å². The molecule has 0 aliphatic rings. The lowest BCUT2D eigenvalue weighted by Crippen LogP contribution is -2.40. The second-order valence-corrected chi connectivity index (χ2v) is 9.88. The molecule has 212 valence electrons. The summed E-state index contributed by atoms with van der Waals surface area (Å²) in [5.41, 5.74) is 3.72. The van der Waals surface area contributed by atoms with Crippen molar-refractivity contribution in [2.24, 2.45) is 0 Å². The molecule has 0 radical (unpaired) electrons. The minimum atomic E-state index is -1.97. The first-order valence-corrected chi connectivity index (χ1v) is 13.7. The van der Waals surface area contributed by atoms with Crippen LogP contribution >= 0.6 is 0 Å². The molecule has 0 aliphatic carbocycles. The maximum Gasteiger partial charge on any atom is 0.339 e. The number of carboxylic acids is 1. The monoisotopic (exact) mass is 573 g/mol. The van der Waals surface area contributed by atoms with Crippen LogP contribution in [0.3, 0.4) is 0 Å². The summed E-state index contributed by atoms with van der Waals surface area (Å²) in [6.45, 7) is 5.43. The quantitative estimate of drug-likeness (QED) is 0.174. The molecular formula is C31H31N3O6S. The van der Waals surface area contributed by atoms with E-state index in [0.717, 1.165) is 11.1 Å². The van der Waals surface area contributed by atoms with E-state index in [4.69, 9.17) is 4.74 Å². The summed E-state index contributed by atoms with van der Waals surface area (Å²) in [4.78, 5) is 36.5. The fourth-order valence-corrected chi connectivity index (χ4v) is 4.92. The van der Waals surface area contributed by atoms with Gasteiger partial charge in [-0.3, -0.25) is 4.79 Å². The Kier molecular flexibility index (Phi) is 11.3. The molecule has 2 unspecified atom stereocenters. The lowest BCUT2D eigenvalue weighted by Gasteiger charge is -2.16. The summed E-state index contributed by atoms with van der Waals surface area (Å²) in [5, 5.41) is 15.3. The number of carboxylic acid groups (broad SMARTS) is 1. The number of carbonyl (C=O) groups excluding carboxylic acids is 2. The van der Waals surface area contributed by atoms with Crippen molar-refractivity contribution >= 4 is 34.6 Å². The summed E-state index contributed by atoms with van der Waals surface area (Å²) < 4.78 is 20.3. The average molecular weight is 574 g/mol. The van der Waals surface area contributed by atoms with Gasteiger partial charge in [0.15, 0.2) is 0 Å². The van der Waals surface area contributed by atoms with Crippen molar-refractivity contribution in [3.63, 3.8) is 0 Å². The molecule has 0 bridgehead atoms. The number of aliphatic carboxylic acids is 1. The summed E-state index contributed by atoms with van der Waals surface area (Å²) >= 11 is 0. The van der Waals surface area contributed by atoms with E-state index < -0.39 is 35.0 Å². The van der Waals surface area contributed by atoms with Gasteiger partial charge in [-0.15, -0.1) is 0 Å². The number of carbonyl (C=O) groups is 3. The van der Waals surface area contributed by atoms with Crippen LogP contribution in [0.4, 0.5) is 10.5 Å². The third kappa shape index (κ3) is 8.85. The first-order chi connectivity index (χ1) is 19.7. The smallest absolute Gasteiger partial charge is 0.339 e. The van der Waals surface area contributed by atoms with E-state index >= 15 is 0 Å². The Hall–Kier alpha value is -4.80. The number of hydrogen-bond acceptors (Lipinski definition) is 5. The van der Waals surface area contributed by atoms with Crippen molar-refractivity contribution in [3.05, 3.63) is 121 Å². The Bertz CT molecular complexity index is 1500. The van der Waals surface area contributed by atoms with Gasteiger partial charge in [0.05, 0.1) is 17.6 Å². The molecule has 9 nitrogen and oxygen atoms in total. The third-order valence-electron chi connectivity index (χ3n) is 5.87. The summed E-state index contributed by atoms with van der Waals surface area (Å²) in [6, 6.07) is 19.2. The van der Waals surface area contributed by atoms with Crippen molar-refractivity contribution in [3.8, 4) is 11.1 Å². The molecule has 0 aliphatic heterocycles. The first-order valence-electron chi connectivity index (χ1n) is 12.6. The highest BCUT2D eigenvalue weighted by Gasteiger charge is 2.24. The molecule has 0 saturated heterocycles. The Morgan fingerprint density at radius 2 is 1.76 bits per heavy atom. The number of nitrogens with one attached hydrogen (secondary N) is 3. The van der Waals surface area contributed by atoms with Crippen LogP contribution in [-0.4, -0.2) is 40.4 Å². The number of anilines is 1. The Balaban J connectivity index is 1.69. The molecule has 41 heavy (non-hydrogen) atoms. The highest BCUT2D eigenvalue weighted by atomic mass is 32.2. The minimum absolute atomic E-state index is 0.0527.